The quantitative estimate of drug-likeness (QED) is 0.870. The highest BCUT2D eigenvalue weighted by molar-refractivity contribution is 5.33. The van der Waals surface area contributed by atoms with E-state index in [2.05, 4.69) is 30.4 Å². The Morgan fingerprint density at radius 3 is 2.27 bits per heavy atom. The second-order valence-electron chi connectivity index (χ2n) is 8.19. The van der Waals surface area contributed by atoms with Crippen LogP contribution in [0.15, 0.2) is 24.3 Å². The van der Waals surface area contributed by atoms with Crippen LogP contribution in [0.5, 0.6) is 5.75 Å². The fourth-order valence-corrected chi connectivity index (χ4v) is 6.04. The van der Waals surface area contributed by atoms with Crippen molar-refractivity contribution in [1.29, 1.82) is 0 Å². The van der Waals surface area contributed by atoms with Gasteiger partial charge in [-0.3, -0.25) is 0 Å². The molecular formula is C20H29NO. The predicted octanol–water partition coefficient (Wildman–Crippen LogP) is 4.39. The SMILES string of the molecule is COc1ccccc1CN[C@@H](C)C12CC3CC(CC(C3)C1)C2. The van der Waals surface area contributed by atoms with Crippen molar-refractivity contribution in [3.8, 4) is 5.75 Å². The number of hydrogen-bond donors (Lipinski definition) is 1. The summed E-state index contributed by atoms with van der Waals surface area (Å²) in [7, 11) is 1.77. The molecule has 1 atom stereocenters. The molecule has 1 aromatic carbocycles. The normalized spacial score (nSPS) is 37.3. The molecular weight excluding hydrogens is 270 g/mol. The first-order valence-electron chi connectivity index (χ1n) is 9.04. The maximum absolute atomic E-state index is 5.49. The monoisotopic (exact) mass is 299 g/mol. The lowest BCUT2D eigenvalue weighted by Gasteiger charge is -2.59. The molecule has 4 fully saturated rings. The molecule has 4 aliphatic carbocycles. The highest BCUT2D eigenvalue weighted by Crippen LogP contribution is 2.61. The van der Waals surface area contributed by atoms with Crippen LogP contribution in [-0.2, 0) is 6.54 Å². The summed E-state index contributed by atoms with van der Waals surface area (Å²) in [6.07, 6.45) is 8.99. The Bertz CT molecular complexity index is 503. The van der Waals surface area contributed by atoms with E-state index >= 15 is 0 Å². The standard InChI is InChI=1S/C20H29NO/c1-14(21-13-18-5-3-4-6-19(18)22-2)20-10-15-7-16(11-20)9-17(8-15)12-20/h3-6,14-17,21H,7-13H2,1-2H3/t14-,15?,16?,17?,20?/m0/s1. The zero-order valence-corrected chi connectivity index (χ0v) is 14.0. The van der Waals surface area contributed by atoms with Crippen LogP contribution in [0.4, 0.5) is 0 Å². The molecule has 0 spiro atoms. The van der Waals surface area contributed by atoms with Crippen LogP contribution >= 0.6 is 0 Å². The zero-order valence-electron chi connectivity index (χ0n) is 14.0. The molecule has 1 aromatic rings. The summed E-state index contributed by atoms with van der Waals surface area (Å²) in [6, 6.07) is 9.01. The largest absolute Gasteiger partial charge is 0.496 e. The van der Waals surface area contributed by atoms with Gasteiger partial charge in [-0.25, -0.2) is 0 Å². The molecule has 4 aliphatic rings. The van der Waals surface area contributed by atoms with E-state index in [1.54, 1.807) is 7.11 Å². The van der Waals surface area contributed by atoms with Gasteiger partial charge >= 0.3 is 0 Å². The molecule has 2 heteroatoms. The number of ether oxygens (including phenoxy) is 1. The highest BCUT2D eigenvalue weighted by atomic mass is 16.5. The van der Waals surface area contributed by atoms with Gasteiger partial charge in [0.05, 0.1) is 7.11 Å². The smallest absolute Gasteiger partial charge is 0.123 e. The summed E-state index contributed by atoms with van der Waals surface area (Å²) >= 11 is 0. The Kier molecular flexibility index (Phi) is 3.68. The zero-order chi connectivity index (χ0) is 15.2. The number of hydrogen-bond acceptors (Lipinski definition) is 2. The summed E-state index contributed by atoms with van der Waals surface area (Å²) in [5.41, 5.74) is 1.86. The van der Waals surface area contributed by atoms with Crippen molar-refractivity contribution < 1.29 is 4.74 Å². The Morgan fingerprint density at radius 2 is 1.68 bits per heavy atom. The number of para-hydroxylation sites is 1. The maximum atomic E-state index is 5.49. The Hall–Kier alpha value is -1.02. The number of methoxy groups -OCH3 is 1. The van der Waals surface area contributed by atoms with E-state index in [-0.39, 0.29) is 0 Å². The van der Waals surface area contributed by atoms with Crippen molar-refractivity contribution in [1.82, 2.24) is 5.32 Å². The summed E-state index contributed by atoms with van der Waals surface area (Å²) in [5, 5.41) is 3.85. The minimum atomic E-state index is 0.580. The first-order chi connectivity index (χ1) is 10.7. The summed E-state index contributed by atoms with van der Waals surface area (Å²) < 4.78 is 5.49. The van der Waals surface area contributed by atoms with Gasteiger partial charge in [-0.15, -0.1) is 0 Å². The lowest BCUT2D eigenvalue weighted by molar-refractivity contribution is -0.0706. The van der Waals surface area contributed by atoms with Crippen LogP contribution in [0.2, 0.25) is 0 Å². The average Bonchev–Trinajstić information content (AvgIpc) is 2.51. The lowest BCUT2D eigenvalue weighted by Crippen LogP contribution is -2.54. The summed E-state index contributed by atoms with van der Waals surface area (Å²) in [6.45, 7) is 3.36. The number of rotatable bonds is 5. The van der Waals surface area contributed by atoms with Gasteiger partial charge in [-0.1, -0.05) is 18.2 Å². The van der Waals surface area contributed by atoms with Crippen molar-refractivity contribution in [2.75, 3.05) is 7.11 Å². The van der Waals surface area contributed by atoms with Crippen LogP contribution in [0.3, 0.4) is 0 Å². The lowest BCUT2D eigenvalue weighted by atomic mass is 9.48. The van der Waals surface area contributed by atoms with Crippen LogP contribution in [0.25, 0.3) is 0 Å². The third kappa shape index (κ3) is 2.46. The van der Waals surface area contributed by atoms with Crippen LogP contribution in [0.1, 0.15) is 51.0 Å². The van der Waals surface area contributed by atoms with Gasteiger partial charge in [0.2, 0.25) is 0 Å². The maximum Gasteiger partial charge on any atom is 0.123 e. The average molecular weight is 299 g/mol. The molecule has 0 saturated heterocycles. The molecule has 4 saturated carbocycles. The Morgan fingerprint density at radius 1 is 1.09 bits per heavy atom. The number of nitrogens with one attached hydrogen (secondary N) is 1. The van der Waals surface area contributed by atoms with E-state index < -0.39 is 0 Å². The summed E-state index contributed by atoms with van der Waals surface area (Å²) in [5.74, 6) is 4.10. The molecule has 0 unspecified atom stereocenters. The molecule has 120 valence electrons. The van der Waals surface area contributed by atoms with Gasteiger partial charge in [0.25, 0.3) is 0 Å². The van der Waals surface area contributed by atoms with Gasteiger partial charge in [0.15, 0.2) is 0 Å². The molecule has 0 amide bonds. The van der Waals surface area contributed by atoms with E-state index in [0.717, 1.165) is 30.0 Å². The van der Waals surface area contributed by atoms with Gasteiger partial charge in [0.1, 0.15) is 5.75 Å². The van der Waals surface area contributed by atoms with E-state index in [1.807, 2.05) is 6.07 Å². The van der Waals surface area contributed by atoms with Gasteiger partial charge in [-0.05, 0) is 74.7 Å². The molecule has 5 rings (SSSR count). The molecule has 0 aromatic heterocycles. The predicted molar refractivity (Wildman–Crippen MR) is 89.9 cm³/mol. The molecule has 1 N–H and O–H groups in total. The van der Waals surface area contributed by atoms with E-state index in [0.29, 0.717) is 11.5 Å². The van der Waals surface area contributed by atoms with Crippen molar-refractivity contribution in [2.24, 2.45) is 23.2 Å². The molecule has 4 bridgehead atoms. The Balaban J connectivity index is 1.45. The van der Waals surface area contributed by atoms with Crippen molar-refractivity contribution in [2.45, 2.75) is 58.0 Å². The molecule has 0 heterocycles. The first kappa shape index (κ1) is 14.6. The fourth-order valence-electron chi connectivity index (χ4n) is 6.04. The van der Waals surface area contributed by atoms with Crippen molar-refractivity contribution in [3.63, 3.8) is 0 Å². The van der Waals surface area contributed by atoms with Crippen LogP contribution < -0.4 is 10.1 Å². The topological polar surface area (TPSA) is 21.3 Å². The molecule has 0 aliphatic heterocycles. The Labute approximate surface area is 134 Å². The summed E-state index contributed by atoms with van der Waals surface area (Å²) in [4.78, 5) is 0. The van der Waals surface area contributed by atoms with E-state index in [9.17, 15) is 0 Å². The van der Waals surface area contributed by atoms with E-state index in [1.165, 1.54) is 44.1 Å². The second kappa shape index (κ2) is 5.56. The molecule has 2 nitrogen and oxygen atoms in total. The minimum Gasteiger partial charge on any atom is -0.496 e. The third-order valence-electron chi connectivity index (χ3n) is 6.80. The molecule has 22 heavy (non-hydrogen) atoms. The van der Waals surface area contributed by atoms with Crippen molar-refractivity contribution >= 4 is 0 Å². The van der Waals surface area contributed by atoms with Gasteiger partial charge < -0.3 is 10.1 Å². The van der Waals surface area contributed by atoms with Crippen molar-refractivity contribution in [3.05, 3.63) is 29.8 Å². The van der Waals surface area contributed by atoms with Gasteiger partial charge in [-0.2, -0.15) is 0 Å². The fraction of sp³-hybridized carbons (Fsp3) is 0.700. The number of benzene rings is 1. The van der Waals surface area contributed by atoms with Gasteiger partial charge in [0, 0.05) is 18.2 Å². The van der Waals surface area contributed by atoms with Crippen LogP contribution in [-0.4, -0.2) is 13.2 Å². The van der Waals surface area contributed by atoms with E-state index in [4.69, 9.17) is 4.74 Å². The first-order valence-corrected chi connectivity index (χ1v) is 9.04. The minimum absolute atomic E-state index is 0.580. The second-order valence-corrected chi connectivity index (χ2v) is 8.19. The van der Waals surface area contributed by atoms with Crippen LogP contribution in [0, 0.1) is 23.2 Å². The third-order valence-corrected chi connectivity index (χ3v) is 6.80. The molecule has 0 radical (unpaired) electrons. The highest BCUT2D eigenvalue weighted by Gasteiger charge is 2.52.